The van der Waals surface area contributed by atoms with Gasteiger partial charge in [-0.15, -0.1) is 0 Å². The second kappa shape index (κ2) is 10.0. The molecule has 0 bridgehead atoms. The Balaban J connectivity index is 1.52. The molecule has 5 nitrogen and oxygen atoms in total. The lowest BCUT2D eigenvalue weighted by Crippen LogP contribution is -2.19. The smallest absolute Gasteiger partial charge is 0.345 e. The molecule has 146 valence electrons. The fourth-order valence-electron chi connectivity index (χ4n) is 2.42. The second-order valence-corrected chi connectivity index (χ2v) is 7.36. The van der Waals surface area contributed by atoms with Gasteiger partial charge in [0.15, 0.2) is 0 Å². The van der Waals surface area contributed by atoms with Gasteiger partial charge in [-0.3, -0.25) is 4.79 Å². The summed E-state index contributed by atoms with van der Waals surface area (Å²) in [7, 11) is 0. The van der Waals surface area contributed by atoms with Crippen molar-refractivity contribution in [2.24, 2.45) is 5.10 Å². The van der Waals surface area contributed by atoms with Gasteiger partial charge in [0.2, 0.25) is 5.91 Å². The van der Waals surface area contributed by atoms with E-state index in [1.807, 2.05) is 24.3 Å². The Hall–Kier alpha value is -2.96. The van der Waals surface area contributed by atoms with E-state index in [9.17, 15) is 9.59 Å². The molecule has 0 aliphatic rings. The van der Waals surface area contributed by atoms with Gasteiger partial charge in [-0.1, -0.05) is 51.8 Å². The van der Waals surface area contributed by atoms with Crippen molar-refractivity contribution in [3.8, 4) is 5.75 Å². The molecule has 0 aliphatic carbocycles. The van der Waals surface area contributed by atoms with Crippen molar-refractivity contribution < 1.29 is 14.3 Å². The van der Waals surface area contributed by atoms with Gasteiger partial charge < -0.3 is 4.74 Å². The maximum atomic E-state index is 12.2. The van der Waals surface area contributed by atoms with E-state index in [1.165, 1.54) is 6.21 Å². The topological polar surface area (TPSA) is 67.8 Å². The number of halogens is 2. The molecular weight excluding hydrogens is 456 g/mol. The summed E-state index contributed by atoms with van der Waals surface area (Å²) in [5.74, 6) is -0.363. The molecule has 0 spiro atoms. The van der Waals surface area contributed by atoms with Crippen LogP contribution in [0.3, 0.4) is 0 Å². The monoisotopic (exact) mass is 470 g/mol. The Bertz CT molecular complexity index is 1030. The van der Waals surface area contributed by atoms with Gasteiger partial charge in [-0.2, -0.15) is 5.10 Å². The molecule has 0 aromatic heterocycles. The average Bonchev–Trinajstić information content (AvgIpc) is 2.71. The van der Waals surface area contributed by atoms with Crippen LogP contribution in [-0.4, -0.2) is 18.1 Å². The highest BCUT2D eigenvalue weighted by molar-refractivity contribution is 9.10. The third kappa shape index (κ3) is 6.27. The minimum absolute atomic E-state index is 0.214. The first-order chi connectivity index (χ1) is 14.0. The number of amides is 1. The molecule has 1 N–H and O–H groups in total. The molecule has 0 heterocycles. The van der Waals surface area contributed by atoms with Crippen molar-refractivity contribution in [3.05, 3.63) is 99.0 Å². The Morgan fingerprint density at radius 2 is 1.69 bits per heavy atom. The SMILES string of the molecule is O=C(Cc1ccc(Br)cc1)NN=Cc1ccc(OC(=O)c2ccccc2Cl)cc1. The molecule has 0 atom stereocenters. The average molecular weight is 472 g/mol. The number of nitrogens with one attached hydrogen (secondary N) is 1. The van der Waals surface area contributed by atoms with E-state index < -0.39 is 5.97 Å². The van der Waals surface area contributed by atoms with Gasteiger partial charge in [0.25, 0.3) is 0 Å². The van der Waals surface area contributed by atoms with Gasteiger partial charge in [-0.05, 0) is 59.7 Å². The van der Waals surface area contributed by atoms with E-state index in [4.69, 9.17) is 16.3 Å². The van der Waals surface area contributed by atoms with Crippen molar-refractivity contribution in [2.75, 3.05) is 0 Å². The number of nitrogens with zero attached hydrogens (tertiary/aromatic N) is 1. The van der Waals surface area contributed by atoms with E-state index in [0.717, 1.165) is 15.6 Å². The summed E-state index contributed by atoms with van der Waals surface area (Å²) >= 11 is 9.35. The van der Waals surface area contributed by atoms with Crippen LogP contribution in [0, 0.1) is 0 Å². The first-order valence-electron chi connectivity index (χ1n) is 8.64. The lowest BCUT2D eigenvalue weighted by molar-refractivity contribution is -0.120. The van der Waals surface area contributed by atoms with Crippen LogP contribution in [0.4, 0.5) is 0 Å². The minimum atomic E-state index is -0.530. The third-order valence-corrected chi connectivity index (χ3v) is 4.72. The van der Waals surface area contributed by atoms with Crippen LogP contribution in [0.1, 0.15) is 21.5 Å². The number of hydrogen-bond acceptors (Lipinski definition) is 4. The van der Waals surface area contributed by atoms with Crippen LogP contribution < -0.4 is 10.2 Å². The zero-order valence-corrected chi connectivity index (χ0v) is 17.5. The number of esters is 1. The van der Waals surface area contributed by atoms with Crippen LogP contribution in [0.2, 0.25) is 5.02 Å². The van der Waals surface area contributed by atoms with Crippen molar-refractivity contribution in [3.63, 3.8) is 0 Å². The second-order valence-electron chi connectivity index (χ2n) is 6.03. The maximum Gasteiger partial charge on any atom is 0.345 e. The molecule has 0 aliphatic heterocycles. The molecule has 0 fully saturated rings. The van der Waals surface area contributed by atoms with E-state index >= 15 is 0 Å². The van der Waals surface area contributed by atoms with Gasteiger partial charge in [0, 0.05) is 4.47 Å². The summed E-state index contributed by atoms with van der Waals surface area (Å²) in [5.41, 5.74) is 4.42. The Labute approximate surface area is 181 Å². The van der Waals surface area contributed by atoms with E-state index in [-0.39, 0.29) is 12.3 Å². The zero-order valence-electron chi connectivity index (χ0n) is 15.1. The summed E-state index contributed by atoms with van der Waals surface area (Å²) in [5, 5.41) is 4.28. The minimum Gasteiger partial charge on any atom is -0.423 e. The number of carbonyl (C=O) groups is 2. The quantitative estimate of drug-likeness (QED) is 0.238. The number of benzene rings is 3. The van der Waals surface area contributed by atoms with Crippen LogP contribution in [-0.2, 0) is 11.2 Å². The fraction of sp³-hybridized carbons (Fsp3) is 0.0455. The number of carbonyl (C=O) groups excluding carboxylic acids is 2. The lowest BCUT2D eigenvalue weighted by atomic mass is 10.1. The Morgan fingerprint density at radius 1 is 1.00 bits per heavy atom. The molecule has 0 saturated heterocycles. The predicted octanol–water partition coefficient (Wildman–Crippen LogP) is 5.01. The summed E-state index contributed by atoms with van der Waals surface area (Å²) < 4.78 is 6.27. The summed E-state index contributed by atoms with van der Waals surface area (Å²) in [6.07, 6.45) is 1.75. The molecule has 7 heteroatoms. The summed E-state index contributed by atoms with van der Waals surface area (Å²) in [4.78, 5) is 24.1. The summed E-state index contributed by atoms with van der Waals surface area (Å²) in [6, 6.07) is 20.9. The normalized spacial score (nSPS) is 10.7. The van der Waals surface area contributed by atoms with Crippen molar-refractivity contribution in [2.45, 2.75) is 6.42 Å². The first kappa shape index (κ1) is 20.8. The van der Waals surface area contributed by atoms with Gasteiger partial charge in [-0.25, -0.2) is 10.2 Å². The lowest BCUT2D eigenvalue weighted by Gasteiger charge is -2.06. The predicted molar refractivity (Wildman–Crippen MR) is 116 cm³/mol. The fourth-order valence-corrected chi connectivity index (χ4v) is 2.89. The highest BCUT2D eigenvalue weighted by atomic mass is 79.9. The largest absolute Gasteiger partial charge is 0.423 e. The number of hydrogen-bond donors (Lipinski definition) is 1. The molecule has 3 aromatic carbocycles. The van der Waals surface area contributed by atoms with Crippen molar-refractivity contribution in [1.29, 1.82) is 0 Å². The Kier molecular flexibility index (Phi) is 7.16. The van der Waals surface area contributed by atoms with E-state index in [1.54, 1.807) is 48.5 Å². The maximum absolute atomic E-state index is 12.2. The molecule has 1 amide bonds. The Morgan fingerprint density at radius 3 is 2.38 bits per heavy atom. The van der Waals surface area contributed by atoms with E-state index in [0.29, 0.717) is 16.3 Å². The highest BCUT2D eigenvalue weighted by Gasteiger charge is 2.11. The van der Waals surface area contributed by atoms with Crippen LogP contribution in [0.25, 0.3) is 0 Å². The number of hydrazone groups is 1. The standard InChI is InChI=1S/C22H16BrClN2O3/c23-17-9-5-15(6-10-17)13-21(27)26-25-14-16-7-11-18(12-8-16)29-22(28)19-3-1-2-4-20(19)24/h1-12,14H,13H2,(H,26,27). The van der Waals surface area contributed by atoms with Gasteiger partial charge >= 0.3 is 5.97 Å². The van der Waals surface area contributed by atoms with Crippen molar-refractivity contribution >= 4 is 45.6 Å². The first-order valence-corrected chi connectivity index (χ1v) is 9.81. The number of ether oxygens (including phenoxy) is 1. The van der Waals surface area contributed by atoms with Crippen molar-refractivity contribution in [1.82, 2.24) is 5.43 Å². The number of rotatable bonds is 6. The molecular formula is C22H16BrClN2O3. The summed E-state index contributed by atoms with van der Waals surface area (Å²) in [6.45, 7) is 0. The highest BCUT2D eigenvalue weighted by Crippen LogP contribution is 2.19. The molecule has 29 heavy (non-hydrogen) atoms. The third-order valence-electron chi connectivity index (χ3n) is 3.87. The molecule has 0 unspecified atom stereocenters. The van der Waals surface area contributed by atoms with Crippen LogP contribution >= 0.6 is 27.5 Å². The molecule has 0 saturated carbocycles. The molecule has 3 aromatic rings. The molecule has 0 radical (unpaired) electrons. The van der Waals surface area contributed by atoms with Crippen LogP contribution in [0.15, 0.2) is 82.4 Å². The van der Waals surface area contributed by atoms with Gasteiger partial charge in [0.1, 0.15) is 5.75 Å². The zero-order chi connectivity index (χ0) is 20.6. The van der Waals surface area contributed by atoms with E-state index in [2.05, 4.69) is 26.5 Å². The van der Waals surface area contributed by atoms with Crippen LogP contribution in [0.5, 0.6) is 5.75 Å². The van der Waals surface area contributed by atoms with Gasteiger partial charge in [0.05, 0.1) is 23.2 Å². The molecule has 3 rings (SSSR count).